The van der Waals surface area contributed by atoms with Crippen LogP contribution >= 0.6 is 12.2 Å². The van der Waals surface area contributed by atoms with Crippen molar-refractivity contribution in [2.24, 2.45) is 0 Å². The van der Waals surface area contributed by atoms with Crippen molar-refractivity contribution < 1.29 is 14.5 Å². The van der Waals surface area contributed by atoms with Crippen LogP contribution in [0.15, 0.2) is 54.2 Å². The van der Waals surface area contributed by atoms with E-state index in [0.717, 1.165) is 0 Å². The summed E-state index contributed by atoms with van der Waals surface area (Å²) >= 11 is 5.26. The summed E-state index contributed by atoms with van der Waals surface area (Å²) in [6.45, 7) is 0. The van der Waals surface area contributed by atoms with Crippen molar-refractivity contribution in [1.29, 1.82) is 0 Å². The zero-order valence-electron chi connectivity index (χ0n) is 13.1. The van der Waals surface area contributed by atoms with E-state index in [2.05, 4.69) is 5.32 Å². The third kappa shape index (κ3) is 3.20. The van der Waals surface area contributed by atoms with E-state index in [1.807, 2.05) is 0 Å². The van der Waals surface area contributed by atoms with Gasteiger partial charge in [-0.2, -0.15) is 0 Å². The third-order valence-corrected chi connectivity index (χ3v) is 3.90. The van der Waals surface area contributed by atoms with Crippen molar-refractivity contribution in [3.05, 3.63) is 69.9 Å². The number of non-ortho nitro benzene ring substituents is 1. The molecule has 0 spiro atoms. The lowest BCUT2D eigenvalue weighted by molar-refractivity contribution is -0.384. The van der Waals surface area contributed by atoms with Crippen molar-refractivity contribution in [3.8, 4) is 5.75 Å². The van der Waals surface area contributed by atoms with Gasteiger partial charge < -0.3 is 10.1 Å². The van der Waals surface area contributed by atoms with Gasteiger partial charge in [-0.05, 0) is 48.1 Å². The van der Waals surface area contributed by atoms with Crippen LogP contribution in [-0.4, -0.2) is 23.1 Å². The van der Waals surface area contributed by atoms with Crippen LogP contribution in [0.5, 0.6) is 5.75 Å². The normalized spacial score (nSPS) is 15.4. The number of nitro groups is 1. The van der Waals surface area contributed by atoms with Crippen molar-refractivity contribution >= 4 is 40.7 Å². The molecule has 0 aromatic heterocycles. The molecule has 126 valence electrons. The topological polar surface area (TPSA) is 84.7 Å². The summed E-state index contributed by atoms with van der Waals surface area (Å²) < 4.78 is 5.28. The molecule has 7 nitrogen and oxygen atoms in total. The van der Waals surface area contributed by atoms with Gasteiger partial charge in [0.1, 0.15) is 11.4 Å². The molecule has 0 unspecified atom stereocenters. The molecule has 0 bridgehead atoms. The first kappa shape index (κ1) is 16.6. The molecule has 1 saturated heterocycles. The Hall–Kier alpha value is -3.26. The number of benzene rings is 2. The Balaban J connectivity index is 1.92. The number of methoxy groups -OCH3 is 1. The van der Waals surface area contributed by atoms with E-state index < -0.39 is 4.92 Å². The Morgan fingerprint density at radius 2 is 1.88 bits per heavy atom. The van der Waals surface area contributed by atoms with Crippen LogP contribution in [0.2, 0.25) is 0 Å². The Bertz CT molecular complexity index is 893. The number of nitro benzene ring substituents is 1. The molecule has 1 aliphatic heterocycles. The molecule has 0 saturated carbocycles. The average molecular weight is 355 g/mol. The van der Waals surface area contributed by atoms with Crippen molar-refractivity contribution in [1.82, 2.24) is 5.32 Å². The fourth-order valence-electron chi connectivity index (χ4n) is 2.43. The largest absolute Gasteiger partial charge is 0.495 e. The first-order valence-corrected chi connectivity index (χ1v) is 7.66. The maximum atomic E-state index is 12.7. The van der Waals surface area contributed by atoms with Gasteiger partial charge in [0, 0.05) is 12.1 Å². The number of anilines is 1. The highest BCUT2D eigenvalue weighted by molar-refractivity contribution is 7.80. The molecule has 0 aliphatic carbocycles. The first-order chi connectivity index (χ1) is 12.0. The average Bonchev–Trinajstić information content (AvgIpc) is 2.89. The summed E-state index contributed by atoms with van der Waals surface area (Å²) in [6, 6.07) is 12.9. The summed E-state index contributed by atoms with van der Waals surface area (Å²) in [7, 11) is 1.52. The number of nitrogens with one attached hydrogen (secondary N) is 1. The number of carbonyl (C=O) groups excluding carboxylic acids is 1. The number of ether oxygens (including phenoxy) is 1. The maximum absolute atomic E-state index is 12.7. The van der Waals surface area contributed by atoms with Gasteiger partial charge in [0.2, 0.25) is 0 Å². The number of amides is 1. The maximum Gasteiger partial charge on any atom is 0.281 e. The van der Waals surface area contributed by atoms with Crippen LogP contribution in [0.3, 0.4) is 0 Å². The molecular weight excluding hydrogens is 342 g/mol. The first-order valence-electron chi connectivity index (χ1n) is 7.26. The van der Waals surface area contributed by atoms with Gasteiger partial charge in [-0.15, -0.1) is 0 Å². The Morgan fingerprint density at radius 3 is 2.52 bits per heavy atom. The predicted molar refractivity (Wildman–Crippen MR) is 97.3 cm³/mol. The van der Waals surface area contributed by atoms with Gasteiger partial charge in [-0.1, -0.05) is 12.1 Å². The summed E-state index contributed by atoms with van der Waals surface area (Å²) in [6.07, 6.45) is 1.59. The van der Waals surface area contributed by atoms with E-state index in [9.17, 15) is 14.9 Å². The molecule has 2 aromatic carbocycles. The zero-order valence-corrected chi connectivity index (χ0v) is 13.9. The fraction of sp³-hybridized carbons (Fsp3) is 0.0588. The number of rotatable bonds is 4. The molecule has 1 amide bonds. The third-order valence-electron chi connectivity index (χ3n) is 3.62. The molecule has 25 heavy (non-hydrogen) atoms. The van der Waals surface area contributed by atoms with Crippen LogP contribution in [-0.2, 0) is 4.79 Å². The molecule has 0 radical (unpaired) electrons. The molecule has 8 heteroatoms. The minimum atomic E-state index is -0.478. The second kappa shape index (κ2) is 6.70. The monoisotopic (exact) mass is 355 g/mol. The molecule has 2 aromatic rings. The van der Waals surface area contributed by atoms with Gasteiger partial charge in [0.05, 0.1) is 17.7 Å². The molecule has 0 atom stereocenters. The second-order valence-electron chi connectivity index (χ2n) is 5.15. The van der Waals surface area contributed by atoms with Crippen LogP contribution in [0.1, 0.15) is 5.56 Å². The van der Waals surface area contributed by atoms with Crippen LogP contribution in [0.4, 0.5) is 11.4 Å². The lowest BCUT2D eigenvalue weighted by Crippen LogP contribution is -2.30. The number of nitrogens with zero attached hydrogens (tertiary/aromatic N) is 2. The molecule has 3 rings (SSSR count). The Kier molecular flexibility index (Phi) is 4.44. The van der Waals surface area contributed by atoms with Gasteiger partial charge in [-0.3, -0.25) is 14.9 Å². The van der Waals surface area contributed by atoms with Crippen LogP contribution in [0.25, 0.3) is 6.08 Å². The molecule has 1 heterocycles. The fourth-order valence-corrected chi connectivity index (χ4v) is 2.72. The number of thiocarbonyl (C=S) groups is 1. The highest BCUT2D eigenvalue weighted by Gasteiger charge is 2.33. The predicted octanol–water partition coefficient (Wildman–Crippen LogP) is 2.87. The van der Waals surface area contributed by atoms with Crippen molar-refractivity contribution in [2.75, 3.05) is 12.0 Å². The van der Waals surface area contributed by atoms with Crippen LogP contribution < -0.4 is 15.0 Å². The van der Waals surface area contributed by atoms with E-state index in [0.29, 0.717) is 17.0 Å². The van der Waals surface area contributed by atoms with E-state index in [1.165, 1.54) is 24.1 Å². The minimum Gasteiger partial charge on any atom is -0.495 e. The number of carbonyl (C=O) groups is 1. The molecule has 1 fully saturated rings. The quantitative estimate of drug-likeness (QED) is 0.393. The second-order valence-corrected chi connectivity index (χ2v) is 5.54. The lowest BCUT2D eigenvalue weighted by atomic mass is 10.1. The molecular formula is C17H13N3O4S. The van der Waals surface area contributed by atoms with Gasteiger partial charge >= 0.3 is 0 Å². The van der Waals surface area contributed by atoms with Crippen molar-refractivity contribution in [2.45, 2.75) is 0 Å². The SMILES string of the molecule is COc1ccccc1N1C(=O)/C(=C/c2ccc([N+](=O)[O-])cc2)NC1=S. The summed E-state index contributed by atoms with van der Waals surface area (Å²) in [5, 5.41) is 13.8. The number of para-hydroxylation sites is 2. The Morgan fingerprint density at radius 1 is 1.20 bits per heavy atom. The van der Waals surface area contributed by atoms with E-state index >= 15 is 0 Å². The number of hydrogen-bond acceptors (Lipinski definition) is 5. The summed E-state index contributed by atoms with van der Waals surface area (Å²) in [5.41, 5.74) is 1.45. The van der Waals surface area contributed by atoms with Gasteiger partial charge in [-0.25, -0.2) is 4.90 Å². The number of hydrogen-bond donors (Lipinski definition) is 1. The standard InChI is InChI=1S/C17H13N3O4S/c1-24-15-5-3-2-4-14(15)19-16(21)13(18-17(19)25)10-11-6-8-12(9-7-11)20(22)23/h2-10H,1H3,(H,18,25)/b13-10-. The summed E-state index contributed by atoms with van der Waals surface area (Å²) in [4.78, 5) is 24.3. The van der Waals surface area contributed by atoms with Gasteiger partial charge in [0.25, 0.3) is 11.6 Å². The molecule has 1 N–H and O–H groups in total. The minimum absolute atomic E-state index is 0.0148. The smallest absolute Gasteiger partial charge is 0.281 e. The van der Waals surface area contributed by atoms with E-state index in [4.69, 9.17) is 17.0 Å². The molecule has 1 aliphatic rings. The highest BCUT2D eigenvalue weighted by atomic mass is 32.1. The highest BCUT2D eigenvalue weighted by Crippen LogP contribution is 2.31. The van der Waals surface area contributed by atoms with Crippen molar-refractivity contribution in [3.63, 3.8) is 0 Å². The summed E-state index contributed by atoms with van der Waals surface area (Å²) in [5.74, 6) is 0.199. The van der Waals surface area contributed by atoms with Gasteiger partial charge in [0.15, 0.2) is 5.11 Å². The van der Waals surface area contributed by atoms with E-state index in [-0.39, 0.29) is 22.4 Å². The lowest BCUT2D eigenvalue weighted by Gasteiger charge is -2.17. The zero-order chi connectivity index (χ0) is 18.0. The Labute approximate surface area is 148 Å². The van der Waals surface area contributed by atoms with Crippen LogP contribution in [0, 0.1) is 10.1 Å². The van der Waals surface area contributed by atoms with E-state index in [1.54, 1.807) is 42.5 Å².